The number of amides is 2. The standard InChI is InChI=1S/C22H28N4O5S/c1-15-20(32(29,30)26-10-4-5-11-26)14-19(31-15)22(28)24-17-6-2-3-7-18(17)25-12-8-16(9-13-25)21(23)27/h2-3,6-7,14,16H,4-5,8-13H2,1H3,(H2,23,27)(H,24,28). The van der Waals surface area contributed by atoms with Crippen LogP contribution in [0.25, 0.3) is 0 Å². The molecule has 172 valence electrons. The highest BCUT2D eigenvalue weighted by atomic mass is 32.2. The summed E-state index contributed by atoms with van der Waals surface area (Å²) < 4.78 is 32.7. The number of nitrogens with one attached hydrogen (secondary N) is 1. The molecule has 2 saturated heterocycles. The number of aryl methyl sites for hydroxylation is 1. The van der Waals surface area contributed by atoms with E-state index in [1.807, 2.05) is 18.2 Å². The molecule has 1 aromatic carbocycles. The fourth-order valence-corrected chi connectivity index (χ4v) is 6.02. The molecule has 1 aromatic heterocycles. The van der Waals surface area contributed by atoms with Gasteiger partial charge < -0.3 is 20.4 Å². The minimum atomic E-state index is -3.68. The van der Waals surface area contributed by atoms with Crippen molar-refractivity contribution in [2.24, 2.45) is 11.7 Å². The van der Waals surface area contributed by atoms with E-state index in [-0.39, 0.29) is 28.2 Å². The molecule has 0 atom stereocenters. The van der Waals surface area contributed by atoms with Gasteiger partial charge in [-0.15, -0.1) is 0 Å². The maximum absolute atomic E-state index is 12.9. The van der Waals surface area contributed by atoms with Crippen LogP contribution >= 0.6 is 0 Å². The molecule has 3 N–H and O–H groups in total. The smallest absolute Gasteiger partial charge is 0.291 e. The van der Waals surface area contributed by atoms with Gasteiger partial charge in [0.15, 0.2) is 5.76 Å². The number of hydrogen-bond acceptors (Lipinski definition) is 6. The van der Waals surface area contributed by atoms with Crippen LogP contribution in [0.1, 0.15) is 42.0 Å². The molecule has 0 bridgehead atoms. The second kappa shape index (κ2) is 8.95. The summed E-state index contributed by atoms with van der Waals surface area (Å²) in [6.45, 7) is 3.82. The van der Waals surface area contributed by atoms with Gasteiger partial charge in [0.25, 0.3) is 5.91 Å². The Morgan fingerprint density at radius 2 is 1.75 bits per heavy atom. The Balaban J connectivity index is 1.51. The van der Waals surface area contributed by atoms with E-state index in [1.165, 1.54) is 10.4 Å². The van der Waals surface area contributed by atoms with Crippen LogP contribution in [-0.2, 0) is 14.8 Å². The molecule has 3 heterocycles. The molecule has 0 saturated carbocycles. The molecule has 2 aromatic rings. The van der Waals surface area contributed by atoms with Crippen molar-refractivity contribution in [1.29, 1.82) is 0 Å². The molecule has 2 aliphatic heterocycles. The van der Waals surface area contributed by atoms with Crippen molar-refractivity contribution in [3.05, 3.63) is 41.9 Å². The van der Waals surface area contributed by atoms with Gasteiger partial charge in [-0.1, -0.05) is 12.1 Å². The van der Waals surface area contributed by atoms with Crippen LogP contribution in [0, 0.1) is 12.8 Å². The normalized spacial score (nSPS) is 18.1. The van der Waals surface area contributed by atoms with E-state index in [9.17, 15) is 18.0 Å². The average Bonchev–Trinajstić information content (AvgIpc) is 3.45. The van der Waals surface area contributed by atoms with E-state index in [1.54, 1.807) is 13.0 Å². The topological polar surface area (TPSA) is 126 Å². The van der Waals surface area contributed by atoms with Crippen molar-refractivity contribution in [2.75, 3.05) is 36.4 Å². The summed E-state index contributed by atoms with van der Waals surface area (Å²) in [4.78, 5) is 26.5. The first-order valence-corrected chi connectivity index (χ1v) is 12.3. The third-order valence-corrected chi connectivity index (χ3v) is 8.18. The quantitative estimate of drug-likeness (QED) is 0.681. The van der Waals surface area contributed by atoms with Gasteiger partial charge in [-0.3, -0.25) is 9.59 Å². The highest BCUT2D eigenvalue weighted by Crippen LogP contribution is 2.31. The number of rotatable bonds is 6. The Morgan fingerprint density at radius 1 is 1.09 bits per heavy atom. The summed E-state index contributed by atoms with van der Waals surface area (Å²) in [6, 6.07) is 8.68. The summed E-state index contributed by atoms with van der Waals surface area (Å²) in [5.74, 6) is -0.781. The van der Waals surface area contributed by atoms with E-state index in [4.69, 9.17) is 10.2 Å². The number of benzene rings is 1. The zero-order chi connectivity index (χ0) is 22.9. The van der Waals surface area contributed by atoms with Crippen LogP contribution in [0.3, 0.4) is 0 Å². The largest absolute Gasteiger partial charge is 0.455 e. The fraction of sp³-hybridized carbons (Fsp3) is 0.455. The lowest BCUT2D eigenvalue weighted by Crippen LogP contribution is -2.38. The SMILES string of the molecule is Cc1oc(C(=O)Nc2ccccc2N2CCC(C(N)=O)CC2)cc1S(=O)(=O)N1CCCC1. The van der Waals surface area contributed by atoms with E-state index >= 15 is 0 Å². The van der Waals surface area contributed by atoms with E-state index in [2.05, 4.69) is 10.2 Å². The number of nitrogens with two attached hydrogens (primary N) is 1. The third kappa shape index (κ3) is 4.37. The third-order valence-electron chi connectivity index (χ3n) is 6.17. The van der Waals surface area contributed by atoms with Gasteiger partial charge in [0.05, 0.1) is 11.4 Å². The molecular formula is C22H28N4O5S. The molecule has 4 rings (SSSR count). The summed E-state index contributed by atoms with van der Waals surface area (Å²) in [5, 5.41) is 2.85. The lowest BCUT2D eigenvalue weighted by molar-refractivity contribution is -0.122. The number of sulfonamides is 1. The lowest BCUT2D eigenvalue weighted by atomic mass is 9.96. The number of hydrogen-bond donors (Lipinski definition) is 2. The number of carbonyl (C=O) groups is 2. The number of furan rings is 1. The van der Waals surface area contributed by atoms with Crippen molar-refractivity contribution < 1.29 is 22.4 Å². The Kier molecular flexibility index (Phi) is 6.25. The van der Waals surface area contributed by atoms with Crippen LogP contribution in [0.2, 0.25) is 0 Å². The molecule has 32 heavy (non-hydrogen) atoms. The molecular weight excluding hydrogens is 432 g/mol. The highest BCUT2D eigenvalue weighted by molar-refractivity contribution is 7.89. The van der Waals surface area contributed by atoms with Crippen molar-refractivity contribution in [3.8, 4) is 0 Å². The maximum Gasteiger partial charge on any atom is 0.291 e. The minimum absolute atomic E-state index is 0.0337. The van der Waals surface area contributed by atoms with Gasteiger partial charge in [-0.2, -0.15) is 4.31 Å². The first-order valence-electron chi connectivity index (χ1n) is 10.8. The Hall–Kier alpha value is -2.85. The minimum Gasteiger partial charge on any atom is -0.455 e. The van der Waals surface area contributed by atoms with Gasteiger partial charge in [0, 0.05) is 38.2 Å². The van der Waals surface area contributed by atoms with E-state index in [0.29, 0.717) is 44.7 Å². The molecule has 2 aliphatic rings. The molecule has 10 heteroatoms. The van der Waals surface area contributed by atoms with Gasteiger partial charge in [0.2, 0.25) is 15.9 Å². The zero-order valence-electron chi connectivity index (χ0n) is 18.0. The van der Waals surface area contributed by atoms with Crippen LogP contribution in [-0.4, -0.2) is 50.7 Å². The first kappa shape index (κ1) is 22.3. The molecule has 0 spiro atoms. The van der Waals surface area contributed by atoms with E-state index in [0.717, 1.165) is 18.5 Å². The van der Waals surface area contributed by atoms with Crippen molar-refractivity contribution in [2.45, 2.75) is 37.5 Å². The molecule has 9 nitrogen and oxygen atoms in total. The predicted molar refractivity (Wildman–Crippen MR) is 120 cm³/mol. The fourth-order valence-electron chi connectivity index (χ4n) is 4.34. The Morgan fingerprint density at radius 3 is 2.41 bits per heavy atom. The molecule has 0 aliphatic carbocycles. The number of primary amides is 1. The number of carbonyl (C=O) groups excluding carboxylic acids is 2. The molecule has 0 radical (unpaired) electrons. The highest BCUT2D eigenvalue weighted by Gasteiger charge is 2.32. The van der Waals surface area contributed by atoms with Gasteiger partial charge in [-0.05, 0) is 44.7 Å². The summed E-state index contributed by atoms with van der Waals surface area (Å²) >= 11 is 0. The maximum atomic E-state index is 12.9. The number of para-hydroxylation sites is 2. The van der Waals surface area contributed by atoms with Crippen LogP contribution in [0.5, 0.6) is 0 Å². The van der Waals surface area contributed by atoms with Gasteiger partial charge in [-0.25, -0.2) is 8.42 Å². The summed E-state index contributed by atoms with van der Waals surface area (Å²) in [5.41, 5.74) is 6.85. The monoisotopic (exact) mass is 460 g/mol. The van der Waals surface area contributed by atoms with Crippen molar-refractivity contribution >= 4 is 33.2 Å². The molecule has 2 fully saturated rings. The van der Waals surface area contributed by atoms with Gasteiger partial charge in [0.1, 0.15) is 10.7 Å². The Labute approximate surface area is 187 Å². The van der Waals surface area contributed by atoms with Crippen LogP contribution in [0.15, 0.2) is 39.6 Å². The number of anilines is 2. The second-order valence-electron chi connectivity index (χ2n) is 8.28. The predicted octanol–water partition coefficient (Wildman–Crippen LogP) is 2.33. The number of nitrogens with zero attached hydrogens (tertiary/aromatic N) is 2. The van der Waals surface area contributed by atoms with Crippen molar-refractivity contribution in [3.63, 3.8) is 0 Å². The first-order chi connectivity index (χ1) is 15.3. The van der Waals surface area contributed by atoms with Crippen LogP contribution in [0.4, 0.5) is 11.4 Å². The van der Waals surface area contributed by atoms with E-state index < -0.39 is 15.9 Å². The molecule has 2 amide bonds. The molecule has 0 unspecified atom stereocenters. The summed E-state index contributed by atoms with van der Waals surface area (Å²) in [6.07, 6.45) is 2.98. The zero-order valence-corrected chi connectivity index (χ0v) is 18.9. The lowest BCUT2D eigenvalue weighted by Gasteiger charge is -2.33. The van der Waals surface area contributed by atoms with Crippen LogP contribution < -0.4 is 16.0 Å². The number of piperidine rings is 1. The van der Waals surface area contributed by atoms with Crippen molar-refractivity contribution in [1.82, 2.24) is 4.31 Å². The Bertz CT molecular complexity index is 1110. The second-order valence-corrected chi connectivity index (χ2v) is 10.2. The summed E-state index contributed by atoms with van der Waals surface area (Å²) in [7, 11) is -3.68. The van der Waals surface area contributed by atoms with Gasteiger partial charge >= 0.3 is 0 Å². The average molecular weight is 461 g/mol.